The van der Waals surface area contributed by atoms with Crippen molar-refractivity contribution >= 4 is 21.7 Å². The third-order valence-electron chi connectivity index (χ3n) is 1.57. The number of rotatable bonds is 5. The number of carbonyl (C=O) groups is 1. The number of H-pyrrole nitrogens is 1. The van der Waals surface area contributed by atoms with E-state index >= 15 is 0 Å². The lowest BCUT2D eigenvalue weighted by molar-refractivity contribution is -0.140. The van der Waals surface area contributed by atoms with Gasteiger partial charge in [0.25, 0.3) is 0 Å². The van der Waals surface area contributed by atoms with Gasteiger partial charge in [-0.1, -0.05) is 0 Å². The third-order valence-corrected chi connectivity index (χ3v) is 2.86. The number of ether oxygens (including phenoxy) is 1. The van der Waals surface area contributed by atoms with Crippen LogP contribution in [0.5, 0.6) is 0 Å². The smallest absolute Gasteiger partial charge is 0.306 e. The first kappa shape index (κ1) is 11.5. The summed E-state index contributed by atoms with van der Waals surface area (Å²) < 4.78 is 29.3. The summed E-state index contributed by atoms with van der Waals surface area (Å²) in [5.74, 6) is -0.877. The Morgan fingerprint density at radius 3 is 2.93 bits per heavy atom. The molecule has 0 atom stereocenters. The van der Waals surface area contributed by atoms with Gasteiger partial charge >= 0.3 is 5.97 Å². The molecule has 1 aromatic rings. The summed E-state index contributed by atoms with van der Waals surface area (Å²) >= 11 is 0. The van der Waals surface area contributed by atoms with Gasteiger partial charge in [-0.25, -0.2) is 8.42 Å². The summed E-state index contributed by atoms with van der Waals surface area (Å²) in [5.41, 5.74) is 0.333. The molecule has 15 heavy (non-hydrogen) atoms. The maximum atomic E-state index is 11.4. The van der Waals surface area contributed by atoms with Crippen LogP contribution < -0.4 is 4.72 Å². The van der Waals surface area contributed by atoms with Crippen LogP contribution >= 0.6 is 0 Å². The molecular formula is C7H11N3O4S. The van der Waals surface area contributed by atoms with E-state index in [1.54, 1.807) is 0 Å². The SMILES string of the molecule is COC(=O)CCS(=O)(=O)Nc1cn[nH]c1. The van der Waals surface area contributed by atoms with Crippen molar-refractivity contribution in [3.8, 4) is 0 Å². The van der Waals surface area contributed by atoms with Gasteiger partial charge in [0.1, 0.15) is 0 Å². The number of aromatic amines is 1. The van der Waals surface area contributed by atoms with Crippen molar-refractivity contribution in [3.05, 3.63) is 12.4 Å². The van der Waals surface area contributed by atoms with Crippen molar-refractivity contribution in [2.24, 2.45) is 0 Å². The maximum Gasteiger partial charge on any atom is 0.306 e. The highest BCUT2D eigenvalue weighted by Crippen LogP contribution is 2.05. The van der Waals surface area contributed by atoms with E-state index in [9.17, 15) is 13.2 Å². The monoisotopic (exact) mass is 233 g/mol. The number of hydrogen-bond donors (Lipinski definition) is 2. The van der Waals surface area contributed by atoms with Gasteiger partial charge in [-0.3, -0.25) is 14.6 Å². The fourth-order valence-electron chi connectivity index (χ4n) is 0.857. The quantitative estimate of drug-likeness (QED) is 0.681. The first-order chi connectivity index (χ1) is 7.03. The van der Waals surface area contributed by atoms with E-state index in [4.69, 9.17) is 0 Å². The van der Waals surface area contributed by atoms with Crippen molar-refractivity contribution in [2.45, 2.75) is 6.42 Å². The summed E-state index contributed by atoms with van der Waals surface area (Å²) in [7, 11) is -2.31. The normalized spacial score (nSPS) is 11.0. The van der Waals surface area contributed by atoms with E-state index in [-0.39, 0.29) is 12.2 Å². The fraction of sp³-hybridized carbons (Fsp3) is 0.429. The molecule has 1 rings (SSSR count). The minimum Gasteiger partial charge on any atom is -0.469 e. The molecule has 0 amide bonds. The van der Waals surface area contributed by atoms with Gasteiger partial charge in [0.05, 0.1) is 31.2 Å². The average molecular weight is 233 g/mol. The number of anilines is 1. The molecule has 0 aromatic carbocycles. The van der Waals surface area contributed by atoms with Crippen molar-refractivity contribution < 1.29 is 17.9 Å². The van der Waals surface area contributed by atoms with Crippen LogP contribution in [0.2, 0.25) is 0 Å². The number of sulfonamides is 1. The summed E-state index contributed by atoms with van der Waals surface area (Å²) in [4.78, 5) is 10.7. The fourth-order valence-corrected chi connectivity index (χ4v) is 1.87. The minimum absolute atomic E-state index is 0.177. The average Bonchev–Trinajstić information content (AvgIpc) is 2.66. The van der Waals surface area contributed by atoms with E-state index in [1.807, 2.05) is 0 Å². The number of methoxy groups -OCH3 is 1. The van der Waals surface area contributed by atoms with Gasteiger partial charge in [0.2, 0.25) is 10.0 Å². The molecule has 0 aliphatic heterocycles. The van der Waals surface area contributed by atoms with Gasteiger partial charge in [-0.15, -0.1) is 0 Å². The van der Waals surface area contributed by atoms with E-state index < -0.39 is 16.0 Å². The number of nitrogens with zero attached hydrogens (tertiary/aromatic N) is 1. The number of aromatic nitrogens is 2. The summed E-state index contributed by atoms with van der Waals surface area (Å²) in [6.07, 6.45) is 2.55. The third kappa shape index (κ3) is 3.98. The molecule has 0 bridgehead atoms. The Hall–Kier alpha value is -1.57. The molecule has 0 saturated carbocycles. The zero-order chi connectivity index (χ0) is 11.3. The van der Waals surface area contributed by atoms with Crippen LogP contribution in [0.25, 0.3) is 0 Å². The number of nitrogens with one attached hydrogen (secondary N) is 2. The lowest BCUT2D eigenvalue weighted by Crippen LogP contribution is -2.19. The van der Waals surface area contributed by atoms with Crippen molar-refractivity contribution in [3.63, 3.8) is 0 Å². The maximum absolute atomic E-state index is 11.4. The van der Waals surface area contributed by atoms with E-state index in [1.165, 1.54) is 19.5 Å². The molecule has 1 aromatic heterocycles. The Morgan fingerprint density at radius 1 is 1.67 bits per heavy atom. The van der Waals surface area contributed by atoms with E-state index in [0.717, 1.165) is 0 Å². The molecule has 0 fully saturated rings. The second-order valence-electron chi connectivity index (χ2n) is 2.73. The van der Waals surface area contributed by atoms with Gasteiger partial charge in [0.15, 0.2) is 0 Å². The highest BCUT2D eigenvalue weighted by atomic mass is 32.2. The lowest BCUT2D eigenvalue weighted by Gasteiger charge is -2.04. The molecule has 0 unspecified atom stereocenters. The molecule has 0 radical (unpaired) electrons. The standard InChI is InChI=1S/C7H11N3O4S/c1-14-7(11)2-3-15(12,13)10-6-4-8-9-5-6/h4-5,10H,2-3H2,1H3,(H,8,9). The molecule has 0 aliphatic rings. The summed E-state index contributed by atoms with van der Waals surface area (Å²) in [5, 5.41) is 6.03. The van der Waals surface area contributed by atoms with Gasteiger partial charge < -0.3 is 4.74 Å². The summed E-state index contributed by atoms with van der Waals surface area (Å²) in [6.45, 7) is 0. The van der Waals surface area contributed by atoms with Crippen molar-refractivity contribution in [1.82, 2.24) is 10.2 Å². The molecule has 1 heterocycles. The first-order valence-corrected chi connectivity index (χ1v) is 5.75. The van der Waals surface area contributed by atoms with E-state index in [0.29, 0.717) is 5.69 Å². The summed E-state index contributed by atoms with van der Waals surface area (Å²) in [6, 6.07) is 0. The predicted molar refractivity (Wildman–Crippen MR) is 52.6 cm³/mol. The van der Waals surface area contributed by atoms with Crippen molar-refractivity contribution in [2.75, 3.05) is 17.6 Å². The molecule has 0 saturated heterocycles. The van der Waals surface area contributed by atoms with Crippen LogP contribution in [0.3, 0.4) is 0 Å². The Bertz CT molecular complexity index is 411. The highest BCUT2D eigenvalue weighted by molar-refractivity contribution is 7.92. The van der Waals surface area contributed by atoms with Crippen LogP contribution in [0.1, 0.15) is 6.42 Å². The minimum atomic E-state index is -3.52. The zero-order valence-corrected chi connectivity index (χ0v) is 8.87. The molecular weight excluding hydrogens is 222 g/mol. The Morgan fingerprint density at radius 2 is 2.40 bits per heavy atom. The Kier molecular flexibility index (Phi) is 3.67. The lowest BCUT2D eigenvalue weighted by atomic mass is 10.5. The number of esters is 1. The second-order valence-corrected chi connectivity index (χ2v) is 4.58. The largest absolute Gasteiger partial charge is 0.469 e. The van der Waals surface area contributed by atoms with Crippen LogP contribution in [-0.4, -0.2) is 37.4 Å². The molecule has 2 N–H and O–H groups in total. The topological polar surface area (TPSA) is 101 Å². The molecule has 0 spiro atoms. The first-order valence-electron chi connectivity index (χ1n) is 4.09. The predicted octanol–water partition coefficient (Wildman–Crippen LogP) is -0.286. The van der Waals surface area contributed by atoms with Crippen LogP contribution in [0.4, 0.5) is 5.69 Å². The number of carbonyl (C=O) groups excluding carboxylic acids is 1. The highest BCUT2D eigenvalue weighted by Gasteiger charge is 2.13. The van der Waals surface area contributed by atoms with E-state index in [2.05, 4.69) is 19.7 Å². The van der Waals surface area contributed by atoms with Crippen molar-refractivity contribution in [1.29, 1.82) is 0 Å². The van der Waals surface area contributed by atoms with Crippen LogP contribution in [0, 0.1) is 0 Å². The van der Waals surface area contributed by atoms with Gasteiger partial charge in [-0.2, -0.15) is 5.10 Å². The number of hydrogen-bond acceptors (Lipinski definition) is 5. The molecule has 7 nitrogen and oxygen atoms in total. The zero-order valence-electron chi connectivity index (χ0n) is 8.06. The Balaban J connectivity index is 2.50. The second kappa shape index (κ2) is 4.78. The van der Waals surface area contributed by atoms with Crippen LogP contribution in [-0.2, 0) is 19.6 Å². The molecule has 8 heteroatoms. The Labute approximate surface area is 86.9 Å². The van der Waals surface area contributed by atoms with Gasteiger partial charge in [-0.05, 0) is 0 Å². The van der Waals surface area contributed by atoms with Gasteiger partial charge in [0, 0.05) is 6.20 Å². The molecule has 0 aliphatic carbocycles. The molecule has 84 valence electrons. The van der Waals surface area contributed by atoms with Crippen LogP contribution in [0.15, 0.2) is 12.4 Å².